The van der Waals surface area contributed by atoms with Gasteiger partial charge in [-0.3, -0.25) is 0 Å². The molecule has 294 valence electrons. The van der Waals surface area contributed by atoms with E-state index in [2.05, 4.69) is 228 Å². The van der Waals surface area contributed by atoms with Gasteiger partial charge in [0.2, 0.25) is 0 Å². The number of rotatable bonds is 4. The summed E-state index contributed by atoms with van der Waals surface area (Å²) in [5.74, 6) is 1.77. The molecule has 0 fully saturated rings. The minimum absolute atomic E-state index is 0.647. The van der Waals surface area contributed by atoms with Gasteiger partial charge < -0.3 is 14.2 Å². The molecule has 2 aromatic heterocycles. The molecule has 0 saturated carbocycles. The van der Waals surface area contributed by atoms with Crippen molar-refractivity contribution in [2.75, 3.05) is 4.90 Å². The van der Waals surface area contributed by atoms with E-state index >= 15 is 0 Å². The van der Waals surface area contributed by atoms with Crippen molar-refractivity contribution in [1.29, 1.82) is 0 Å². The van der Waals surface area contributed by atoms with Gasteiger partial charge in [0.15, 0.2) is 0 Å². The maximum atomic E-state index is 6.77. The summed E-state index contributed by atoms with van der Waals surface area (Å²) >= 11 is 1.86. The highest BCUT2D eigenvalue weighted by atomic mass is 32.1. The zero-order chi connectivity index (χ0) is 41.2. The molecule has 14 rings (SSSR count). The van der Waals surface area contributed by atoms with Crippen LogP contribution in [0.2, 0.25) is 0 Å². The molecule has 0 N–H and O–H groups in total. The summed E-state index contributed by atoms with van der Waals surface area (Å²) in [6, 6.07) is 80.3. The minimum atomic E-state index is -0.647. The Morgan fingerprint density at radius 3 is 1.87 bits per heavy atom. The van der Waals surface area contributed by atoms with E-state index in [4.69, 9.17) is 4.74 Å². The zero-order valence-electron chi connectivity index (χ0n) is 34.0. The van der Waals surface area contributed by atoms with Crippen LogP contribution in [0.5, 0.6) is 11.5 Å². The number of anilines is 3. The maximum absolute atomic E-state index is 6.77. The minimum Gasteiger partial charge on any atom is -0.457 e. The van der Waals surface area contributed by atoms with Gasteiger partial charge in [-0.25, -0.2) is 0 Å². The molecule has 1 aliphatic heterocycles. The molecule has 1 aliphatic carbocycles. The fourth-order valence-corrected chi connectivity index (χ4v) is 12.3. The van der Waals surface area contributed by atoms with Crippen molar-refractivity contribution >= 4 is 81.1 Å². The lowest BCUT2D eigenvalue weighted by molar-refractivity contribution is 0.435. The Kier molecular flexibility index (Phi) is 7.20. The van der Waals surface area contributed by atoms with Crippen LogP contribution in [0.3, 0.4) is 0 Å². The molecule has 4 heteroatoms. The van der Waals surface area contributed by atoms with Gasteiger partial charge in [-0.1, -0.05) is 146 Å². The van der Waals surface area contributed by atoms with Crippen LogP contribution in [0, 0.1) is 0 Å². The first-order valence-corrected chi connectivity index (χ1v) is 22.4. The van der Waals surface area contributed by atoms with Gasteiger partial charge >= 0.3 is 0 Å². The maximum Gasteiger partial charge on any atom is 0.132 e. The van der Waals surface area contributed by atoms with Gasteiger partial charge in [0.1, 0.15) is 11.5 Å². The van der Waals surface area contributed by atoms with Crippen LogP contribution in [-0.2, 0) is 5.41 Å². The Hall–Kier alpha value is -7.92. The van der Waals surface area contributed by atoms with Crippen LogP contribution in [0.25, 0.3) is 69.6 Å². The number of ether oxygens (including phenoxy) is 1. The molecule has 0 atom stereocenters. The molecule has 0 saturated heterocycles. The van der Waals surface area contributed by atoms with Gasteiger partial charge in [0.05, 0.1) is 22.1 Å². The smallest absolute Gasteiger partial charge is 0.132 e. The van der Waals surface area contributed by atoms with Gasteiger partial charge in [-0.05, 0) is 106 Å². The average Bonchev–Trinajstić information content (AvgIpc) is 3.89. The van der Waals surface area contributed by atoms with Crippen molar-refractivity contribution in [3.8, 4) is 28.3 Å². The predicted molar refractivity (Wildman–Crippen MR) is 263 cm³/mol. The van der Waals surface area contributed by atoms with E-state index < -0.39 is 5.41 Å². The van der Waals surface area contributed by atoms with Gasteiger partial charge in [-0.2, -0.15) is 0 Å². The average molecular weight is 821 g/mol. The molecular formula is C59H36N2OS. The normalized spacial score (nSPS) is 13.3. The van der Waals surface area contributed by atoms with Gasteiger partial charge in [0, 0.05) is 59.1 Å². The number of aromatic nitrogens is 1. The third-order valence-corrected chi connectivity index (χ3v) is 14.8. The molecule has 12 aromatic rings. The first-order valence-electron chi connectivity index (χ1n) is 21.6. The molecule has 0 bridgehead atoms. The van der Waals surface area contributed by atoms with Crippen molar-refractivity contribution in [1.82, 2.24) is 4.57 Å². The van der Waals surface area contributed by atoms with Crippen LogP contribution in [0.4, 0.5) is 17.1 Å². The third-order valence-electron chi connectivity index (χ3n) is 13.6. The second-order valence-corrected chi connectivity index (χ2v) is 17.8. The molecule has 0 radical (unpaired) electrons. The van der Waals surface area contributed by atoms with Crippen molar-refractivity contribution in [2.45, 2.75) is 5.41 Å². The van der Waals surface area contributed by atoms with Crippen LogP contribution in [0.15, 0.2) is 218 Å². The van der Waals surface area contributed by atoms with Gasteiger partial charge in [0.25, 0.3) is 0 Å². The van der Waals surface area contributed by atoms with Crippen molar-refractivity contribution < 1.29 is 4.74 Å². The highest BCUT2D eigenvalue weighted by Crippen LogP contribution is 2.62. The quantitative estimate of drug-likeness (QED) is 0.176. The number of benzene rings is 10. The fraction of sp³-hybridized carbons (Fsp3) is 0.0169. The predicted octanol–water partition coefficient (Wildman–Crippen LogP) is 16.2. The monoisotopic (exact) mass is 820 g/mol. The van der Waals surface area contributed by atoms with Crippen LogP contribution in [0.1, 0.15) is 22.3 Å². The molecule has 10 aromatic carbocycles. The highest BCUT2D eigenvalue weighted by Gasteiger charge is 2.49. The van der Waals surface area contributed by atoms with E-state index in [9.17, 15) is 0 Å². The molecule has 1 spiro atoms. The summed E-state index contributed by atoms with van der Waals surface area (Å²) in [7, 11) is 0. The Bertz CT molecular complexity index is 3810. The summed E-state index contributed by atoms with van der Waals surface area (Å²) in [5.41, 5.74) is 13.5. The standard InChI is InChI=1S/C59H36N2OS/c1-2-17-38(18-3-1)60(40-32-34-43-42-19-4-8-25-50(42)61(52(43)36-40)51-26-14-30-56-58(51)45-20-5-11-29-55(45)63-56)39-31-33-41-44-21-12-15-37-16-13-24-48(57(37)44)59(49(41)35-39)46-22-6-9-27-53(46)62-54-28-10-7-23-47(54)59/h1-36H. The first kappa shape index (κ1) is 34.8. The van der Waals surface area contributed by atoms with E-state index in [0.29, 0.717) is 0 Å². The zero-order valence-corrected chi connectivity index (χ0v) is 34.8. The Balaban J connectivity index is 1.07. The lowest BCUT2D eigenvalue weighted by Crippen LogP contribution is -2.36. The second kappa shape index (κ2) is 13.0. The van der Waals surface area contributed by atoms with Crippen LogP contribution >= 0.6 is 11.3 Å². The summed E-state index contributed by atoms with van der Waals surface area (Å²) in [5, 5.41) is 7.57. The van der Waals surface area contributed by atoms with E-state index in [-0.39, 0.29) is 0 Å². The molecule has 63 heavy (non-hydrogen) atoms. The lowest BCUT2D eigenvalue weighted by atomic mass is 9.58. The molecule has 0 unspecified atom stereocenters. The number of hydrogen-bond donors (Lipinski definition) is 0. The summed E-state index contributed by atoms with van der Waals surface area (Å²) in [6.45, 7) is 0. The van der Waals surface area contributed by atoms with E-state index in [1.165, 1.54) is 80.7 Å². The van der Waals surface area contributed by atoms with Crippen molar-refractivity contribution in [2.24, 2.45) is 0 Å². The van der Waals surface area contributed by atoms with E-state index in [1.54, 1.807) is 0 Å². The van der Waals surface area contributed by atoms with Crippen LogP contribution < -0.4 is 9.64 Å². The molecule has 2 aliphatic rings. The molecule has 3 nitrogen and oxygen atoms in total. The topological polar surface area (TPSA) is 17.4 Å². The lowest BCUT2D eigenvalue weighted by Gasteiger charge is -2.45. The van der Waals surface area contributed by atoms with Crippen molar-refractivity contribution in [3.63, 3.8) is 0 Å². The second-order valence-electron chi connectivity index (χ2n) is 16.8. The Morgan fingerprint density at radius 1 is 0.397 bits per heavy atom. The largest absolute Gasteiger partial charge is 0.457 e. The highest BCUT2D eigenvalue weighted by molar-refractivity contribution is 7.25. The number of hydrogen-bond acceptors (Lipinski definition) is 3. The van der Waals surface area contributed by atoms with E-state index in [0.717, 1.165) is 39.7 Å². The molecular weight excluding hydrogens is 785 g/mol. The Morgan fingerprint density at radius 2 is 1.03 bits per heavy atom. The molecule has 0 amide bonds. The van der Waals surface area contributed by atoms with E-state index in [1.807, 2.05) is 11.3 Å². The fourth-order valence-electron chi connectivity index (χ4n) is 11.1. The van der Waals surface area contributed by atoms with Gasteiger partial charge in [-0.15, -0.1) is 11.3 Å². The van der Waals surface area contributed by atoms with Crippen LogP contribution in [-0.4, -0.2) is 4.57 Å². The Labute approximate surface area is 367 Å². The summed E-state index contributed by atoms with van der Waals surface area (Å²) in [4.78, 5) is 2.44. The van der Waals surface area contributed by atoms with Crippen molar-refractivity contribution in [3.05, 3.63) is 241 Å². The summed E-state index contributed by atoms with van der Waals surface area (Å²) in [6.07, 6.45) is 0. The SMILES string of the molecule is c1ccc(N(c2ccc3c(c2)C2(c4ccccc4Oc4ccccc42)c2cccc4cccc-3c24)c2ccc3c4ccccc4n(-c4cccc5sc6ccccc6c45)c3c2)cc1. The number of nitrogens with zero attached hydrogens (tertiary/aromatic N) is 2. The molecule has 3 heterocycles. The third kappa shape index (κ3) is 4.73. The first-order chi connectivity index (χ1) is 31.3. The summed E-state index contributed by atoms with van der Waals surface area (Å²) < 4.78 is 11.9. The number of thiophene rings is 1. The number of fused-ring (bicyclic) bond motifs is 14. The number of para-hydroxylation sites is 4.